The molecule has 4 heteroatoms. The minimum Gasteiger partial charge on any atom is -0.356 e. The summed E-state index contributed by atoms with van der Waals surface area (Å²) in [5.41, 5.74) is 2.65. The molecule has 0 aliphatic heterocycles. The molecule has 1 aromatic rings. The number of guanidine groups is 1. The van der Waals surface area contributed by atoms with Gasteiger partial charge in [-0.2, -0.15) is 0 Å². The molecule has 1 rings (SSSR count). The van der Waals surface area contributed by atoms with E-state index in [9.17, 15) is 0 Å². The molecule has 0 unspecified atom stereocenters. The van der Waals surface area contributed by atoms with Gasteiger partial charge in [-0.25, -0.2) is 0 Å². The number of hydrogen-bond donors (Lipinski definition) is 2. The van der Waals surface area contributed by atoms with Gasteiger partial charge in [-0.1, -0.05) is 45.0 Å². The molecule has 4 nitrogen and oxygen atoms in total. The summed E-state index contributed by atoms with van der Waals surface area (Å²) in [4.78, 5) is 6.63. The second-order valence-electron chi connectivity index (χ2n) is 5.13. The molecule has 0 saturated heterocycles. The van der Waals surface area contributed by atoms with Crippen molar-refractivity contribution in [1.29, 1.82) is 0 Å². The monoisotopic (exact) mass is 290 g/mol. The maximum Gasteiger partial charge on any atom is 0.191 e. The van der Waals surface area contributed by atoms with Crippen LogP contribution in [-0.4, -0.2) is 37.5 Å². The van der Waals surface area contributed by atoms with E-state index in [1.165, 1.54) is 11.1 Å². The third kappa shape index (κ3) is 6.63. The summed E-state index contributed by atoms with van der Waals surface area (Å²) in [7, 11) is 1.80. The van der Waals surface area contributed by atoms with E-state index in [-0.39, 0.29) is 0 Å². The quantitative estimate of drug-likeness (QED) is 0.571. The normalized spacial score (nSPS) is 11.8. The highest BCUT2D eigenvalue weighted by Crippen LogP contribution is 2.07. The van der Waals surface area contributed by atoms with Crippen LogP contribution in [-0.2, 0) is 13.1 Å². The van der Waals surface area contributed by atoms with Gasteiger partial charge >= 0.3 is 0 Å². The Morgan fingerprint density at radius 1 is 1.00 bits per heavy atom. The zero-order valence-electron chi connectivity index (χ0n) is 13.9. The molecule has 118 valence electrons. The fourth-order valence-corrected chi connectivity index (χ4v) is 2.12. The average Bonchev–Trinajstić information content (AvgIpc) is 2.54. The molecule has 2 N–H and O–H groups in total. The molecule has 0 fully saturated rings. The first kappa shape index (κ1) is 17.5. The summed E-state index contributed by atoms with van der Waals surface area (Å²) in [5, 5.41) is 6.61. The smallest absolute Gasteiger partial charge is 0.191 e. The van der Waals surface area contributed by atoms with Gasteiger partial charge in [-0.05, 0) is 30.6 Å². The lowest BCUT2D eigenvalue weighted by molar-refractivity contribution is 0.296. The lowest BCUT2D eigenvalue weighted by Gasteiger charge is -2.18. The molecule has 21 heavy (non-hydrogen) atoms. The standard InChI is InChI=1S/C17H30N4/c1-5-12-19-17(18-4)20-13-15-8-10-16(11-9-15)14-21(6-2)7-3/h8-11H,5-7,12-14H2,1-4H3,(H2,18,19,20). The van der Waals surface area contributed by atoms with Gasteiger partial charge in [-0.15, -0.1) is 0 Å². The predicted octanol–water partition coefficient (Wildman–Crippen LogP) is 2.60. The SMILES string of the molecule is CCCNC(=NC)NCc1ccc(CN(CC)CC)cc1. The van der Waals surface area contributed by atoms with Crippen LogP contribution < -0.4 is 10.6 Å². The van der Waals surface area contributed by atoms with Crippen molar-refractivity contribution in [3.05, 3.63) is 35.4 Å². The maximum atomic E-state index is 4.21. The lowest BCUT2D eigenvalue weighted by atomic mass is 10.1. The second-order valence-corrected chi connectivity index (χ2v) is 5.13. The molecule has 1 aromatic carbocycles. The zero-order chi connectivity index (χ0) is 15.5. The Hall–Kier alpha value is -1.55. The number of hydrogen-bond acceptors (Lipinski definition) is 2. The molecule has 0 saturated carbocycles. The Kier molecular flexibility index (Phi) is 8.51. The van der Waals surface area contributed by atoms with Gasteiger partial charge in [0.2, 0.25) is 0 Å². The van der Waals surface area contributed by atoms with Crippen molar-refractivity contribution >= 4 is 5.96 Å². The van der Waals surface area contributed by atoms with Crippen LogP contribution in [0.15, 0.2) is 29.3 Å². The van der Waals surface area contributed by atoms with E-state index < -0.39 is 0 Å². The minimum absolute atomic E-state index is 0.801. The van der Waals surface area contributed by atoms with Gasteiger partial charge in [0.05, 0.1) is 0 Å². The van der Waals surface area contributed by atoms with Crippen molar-refractivity contribution in [2.24, 2.45) is 4.99 Å². The molecule has 0 heterocycles. The van der Waals surface area contributed by atoms with Crippen LogP contribution in [0.2, 0.25) is 0 Å². The van der Waals surface area contributed by atoms with Crippen LogP contribution in [0.25, 0.3) is 0 Å². The number of benzene rings is 1. The van der Waals surface area contributed by atoms with Crippen molar-refractivity contribution in [2.75, 3.05) is 26.7 Å². The van der Waals surface area contributed by atoms with Crippen molar-refractivity contribution in [2.45, 2.75) is 40.3 Å². The van der Waals surface area contributed by atoms with Crippen molar-refractivity contribution in [1.82, 2.24) is 15.5 Å². The molecule has 0 aromatic heterocycles. The zero-order valence-corrected chi connectivity index (χ0v) is 13.9. The summed E-state index contributed by atoms with van der Waals surface area (Å²) >= 11 is 0. The van der Waals surface area contributed by atoms with Gasteiger partial charge in [0.25, 0.3) is 0 Å². The highest BCUT2D eigenvalue weighted by Gasteiger charge is 2.02. The van der Waals surface area contributed by atoms with Gasteiger partial charge in [0, 0.05) is 26.7 Å². The lowest BCUT2D eigenvalue weighted by Crippen LogP contribution is -2.37. The molecule has 0 bridgehead atoms. The Labute approximate surface area is 129 Å². The summed E-state index contributed by atoms with van der Waals surface area (Å²) < 4.78 is 0. The fourth-order valence-electron chi connectivity index (χ4n) is 2.12. The largest absolute Gasteiger partial charge is 0.356 e. The molecule has 0 aliphatic rings. The van der Waals surface area contributed by atoms with E-state index in [2.05, 4.69) is 65.6 Å². The van der Waals surface area contributed by atoms with Crippen LogP contribution in [0, 0.1) is 0 Å². The first-order chi connectivity index (χ1) is 10.2. The Bertz CT molecular complexity index is 407. The van der Waals surface area contributed by atoms with E-state index in [4.69, 9.17) is 0 Å². The van der Waals surface area contributed by atoms with Crippen molar-refractivity contribution < 1.29 is 0 Å². The van der Waals surface area contributed by atoms with Crippen LogP contribution >= 0.6 is 0 Å². The van der Waals surface area contributed by atoms with E-state index in [0.717, 1.165) is 45.1 Å². The first-order valence-electron chi connectivity index (χ1n) is 7.98. The van der Waals surface area contributed by atoms with E-state index >= 15 is 0 Å². The highest BCUT2D eigenvalue weighted by atomic mass is 15.2. The summed E-state index contributed by atoms with van der Waals surface area (Å²) in [6, 6.07) is 8.83. The number of nitrogens with zero attached hydrogens (tertiary/aromatic N) is 2. The minimum atomic E-state index is 0.801. The number of rotatable bonds is 8. The van der Waals surface area contributed by atoms with Gasteiger partial charge in [0.15, 0.2) is 5.96 Å². The Morgan fingerprint density at radius 3 is 2.14 bits per heavy atom. The molecule has 0 radical (unpaired) electrons. The average molecular weight is 290 g/mol. The second kappa shape index (κ2) is 10.2. The first-order valence-corrected chi connectivity index (χ1v) is 7.98. The highest BCUT2D eigenvalue weighted by molar-refractivity contribution is 5.79. The topological polar surface area (TPSA) is 39.7 Å². The third-order valence-corrected chi connectivity index (χ3v) is 3.55. The molecule has 0 spiro atoms. The Morgan fingerprint density at radius 2 is 1.62 bits per heavy atom. The van der Waals surface area contributed by atoms with Crippen molar-refractivity contribution in [3.8, 4) is 0 Å². The predicted molar refractivity (Wildman–Crippen MR) is 91.6 cm³/mol. The van der Waals surface area contributed by atoms with E-state index in [1.54, 1.807) is 7.05 Å². The van der Waals surface area contributed by atoms with E-state index in [0.29, 0.717) is 0 Å². The summed E-state index contributed by atoms with van der Waals surface area (Å²) in [5.74, 6) is 0.865. The molecule has 0 amide bonds. The third-order valence-electron chi connectivity index (χ3n) is 3.55. The number of nitrogens with one attached hydrogen (secondary N) is 2. The molecular weight excluding hydrogens is 260 g/mol. The summed E-state index contributed by atoms with van der Waals surface area (Å²) in [6.45, 7) is 11.5. The maximum absolute atomic E-state index is 4.21. The van der Waals surface area contributed by atoms with Crippen LogP contribution in [0.5, 0.6) is 0 Å². The van der Waals surface area contributed by atoms with Gasteiger partial charge in [0.1, 0.15) is 0 Å². The van der Waals surface area contributed by atoms with Crippen LogP contribution in [0.3, 0.4) is 0 Å². The fraction of sp³-hybridized carbons (Fsp3) is 0.588. The Balaban J connectivity index is 2.47. The van der Waals surface area contributed by atoms with Crippen molar-refractivity contribution in [3.63, 3.8) is 0 Å². The van der Waals surface area contributed by atoms with Crippen LogP contribution in [0.4, 0.5) is 0 Å². The molecule has 0 atom stereocenters. The van der Waals surface area contributed by atoms with Gasteiger partial charge < -0.3 is 10.6 Å². The van der Waals surface area contributed by atoms with Crippen LogP contribution in [0.1, 0.15) is 38.3 Å². The van der Waals surface area contributed by atoms with E-state index in [1.807, 2.05) is 0 Å². The van der Waals surface area contributed by atoms with Gasteiger partial charge in [-0.3, -0.25) is 9.89 Å². The summed E-state index contributed by atoms with van der Waals surface area (Å²) in [6.07, 6.45) is 1.10. The molecule has 0 aliphatic carbocycles. The molecular formula is C17H30N4. The number of aliphatic imine (C=N–C) groups is 1.